The summed E-state index contributed by atoms with van der Waals surface area (Å²) >= 11 is 0. The number of nitrogens with zero attached hydrogens (tertiary/aromatic N) is 1. The first-order valence-corrected chi connectivity index (χ1v) is 11.0. The van der Waals surface area contributed by atoms with Gasteiger partial charge in [-0.25, -0.2) is 13.1 Å². The molecule has 0 aliphatic heterocycles. The third-order valence-corrected chi connectivity index (χ3v) is 6.04. The van der Waals surface area contributed by atoms with Gasteiger partial charge in [0.25, 0.3) is 0 Å². The molecular formula is C19H33IN4O2S. The number of hydrogen-bond acceptors (Lipinski definition) is 3. The summed E-state index contributed by atoms with van der Waals surface area (Å²) in [6, 6.07) is 6.54. The van der Waals surface area contributed by atoms with Gasteiger partial charge in [0, 0.05) is 26.7 Å². The topological polar surface area (TPSA) is 82.6 Å². The fraction of sp³-hybridized carbons (Fsp3) is 0.632. The summed E-state index contributed by atoms with van der Waals surface area (Å²) in [7, 11) is -1.54. The van der Waals surface area contributed by atoms with E-state index in [0.717, 1.165) is 25.8 Å². The number of guanidine groups is 1. The third kappa shape index (κ3) is 9.25. The Morgan fingerprint density at radius 3 is 2.30 bits per heavy atom. The number of halogens is 1. The van der Waals surface area contributed by atoms with Crippen molar-refractivity contribution < 1.29 is 8.42 Å². The molecule has 1 aliphatic carbocycles. The number of aliphatic imine (C=N–C) groups is 1. The fourth-order valence-electron chi connectivity index (χ4n) is 3.08. The van der Waals surface area contributed by atoms with Gasteiger partial charge in [0.15, 0.2) is 5.96 Å². The van der Waals surface area contributed by atoms with E-state index in [9.17, 15) is 8.42 Å². The van der Waals surface area contributed by atoms with E-state index in [1.165, 1.54) is 23.1 Å². The Hall–Kier alpha value is -0.870. The predicted octanol–water partition coefficient (Wildman–Crippen LogP) is 2.35. The molecule has 0 unspecified atom stereocenters. The molecule has 8 heteroatoms. The maximum atomic E-state index is 12.0. The van der Waals surface area contributed by atoms with Gasteiger partial charge in [0.2, 0.25) is 10.0 Å². The van der Waals surface area contributed by atoms with Crippen LogP contribution in [-0.4, -0.2) is 46.8 Å². The van der Waals surface area contributed by atoms with Crippen LogP contribution in [0, 0.1) is 19.8 Å². The molecule has 0 aromatic heterocycles. The number of aryl methyl sites for hydroxylation is 2. The SMILES string of the molecule is CN=C(NCCc1cc(C)cc(C)c1)NCCS(=O)(=O)NCC1CCC1.I. The van der Waals surface area contributed by atoms with Crippen molar-refractivity contribution in [1.82, 2.24) is 15.4 Å². The zero-order valence-electron chi connectivity index (χ0n) is 16.5. The minimum Gasteiger partial charge on any atom is -0.356 e. The van der Waals surface area contributed by atoms with Gasteiger partial charge in [-0.1, -0.05) is 35.7 Å². The normalized spacial score (nSPS) is 15.0. The standard InChI is InChI=1S/C19H32N4O2S.HI/c1-15-11-16(2)13-18(12-15)7-8-21-19(20-3)22-9-10-26(24,25)23-14-17-5-4-6-17;/h11-13,17,23H,4-10,14H2,1-3H3,(H2,20,21,22);1H. The summed E-state index contributed by atoms with van der Waals surface area (Å²) in [5.41, 5.74) is 3.82. The molecular weight excluding hydrogens is 475 g/mol. The van der Waals surface area contributed by atoms with E-state index in [4.69, 9.17) is 0 Å². The Balaban J connectivity index is 0.00000364. The molecule has 3 N–H and O–H groups in total. The summed E-state index contributed by atoms with van der Waals surface area (Å²) in [5, 5.41) is 6.31. The van der Waals surface area contributed by atoms with Crippen molar-refractivity contribution in [2.24, 2.45) is 10.9 Å². The van der Waals surface area contributed by atoms with Gasteiger partial charge in [-0.05, 0) is 44.6 Å². The highest BCUT2D eigenvalue weighted by Crippen LogP contribution is 2.25. The number of nitrogens with one attached hydrogen (secondary N) is 3. The highest BCUT2D eigenvalue weighted by atomic mass is 127. The van der Waals surface area contributed by atoms with E-state index in [1.807, 2.05) is 0 Å². The molecule has 0 bridgehead atoms. The molecule has 1 aromatic carbocycles. The summed E-state index contributed by atoms with van der Waals surface area (Å²) in [5.74, 6) is 1.21. The minimum absolute atomic E-state index is 0. The molecule has 0 atom stereocenters. The van der Waals surface area contributed by atoms with E-state index in [-0.39, 0.29) is 29.7 Å². The molecule has 6 nitrogen and oxygen atoms in total. The lowest BCUT2D eigenvalue weighted by Crippen LogP contribution is -2.42. The summed E-state index contributed by atoms with van der Waals surface area (Å²) in [6.07, 6.45) is 4.39. The molecule has 154 valence electrons. The molecule has 0 spiro atoms. The first kappa shape index (κ1) is 24.2. The molecule has 2 rings (SSSR count). The summed E-state index contributed by atoms with van der Waals surface area (Å²) < 4.78 is 26.7. The van der Waals surface area contributed by atoms with E-state index in [0.29, 0.717) is 25.0 Å². The van der Waals surface area contributed by atoms with E-state index in [2.05, 4.69) is 52.4 Å². The van der Waals surface area contributed by atoms with Crippen LogP contribution in [0.2, 0.25) is 0 Å². The minimum atomic E-state index is -3.23. The molecule has 1 fully saturated rings. The largest absolute Gasteiger partial charge is 0.356 e. The average molecular weight is 508 g/mol. The van der Waals surface area contributed by atoms with Crippen molar-refractivity contribution in [2.75, 3.05) is 32.4 Å². The van der Waals surface area contributed by atoms with Crippen LogP contribution in [0.1, 0.15) is 36.0 Å². The second kappa shape index (κ2) is 11.9. The zero-order chi connectivity index (χ0) is 19.0. The highest BCUT2D eigenvalue weighted by Gasteiger charge is 2.20. The summed E-state index contributed by atoms with van der Waals surface area (Å²) in [4.78, 5) is 4.15. The van der Waals surface area contributed by atoms with Gasteiger partial charge >= 0.3 is 0 Å². The van der Waals surface area contributed by atoms with Crippen molar-refractivity contribution in [2.45, 2.75) is 39.5 Å². The van der Waals surface area contributed by atoms with E-state index in [1.54, 1.807) is 7.05 Å². The first-order chi connectivity index (χ1) is 12.4. The molecule has 27 heavy (non-hydrogen) atoms. The molecule has 1 saturated carbocycles. The maximum absolute atomic E-state index is 12.0. The lowest BCUT2D eigenvalue weighted by atomic mass is 9.86. The molecule has 1 aliphatic rings. The van der Waals surface area contributed by atoms with Crippen LogP contribution in [0.3, 0.4) is 0 Å². The summed E-state index contributed by atoms with van der Waals surface area (Å²) in [6.45, 7) is 5.86. The fourth-order valence-corrected chi connectivity index (χ4v) is 4.08. The van der Waals surface area contributed by atoms with E-state index >= 15 is 0 Å². The van der Waals surface area contributed by atoms with Crippen LogP contribution in [0.25, 0.3) is 0 Å². The van der Waals surface area contributed by atoms with Crippen molar-refractivity contribution in [3.05, 3.63) is 34.9 Å². The molecule has 0 amide bonds. The monoisotopic (exact) mass is 508 g/mol. The Morgan fingerprint density at radius 2 is 1.74 bits per heavy atom. The van der Waals surface area contributed by atoms with Crippen LogP contribution in [0.5, 0.6) is 0 Å². The van der Waals surface area contributed by atoms with Gasteiger partial charge in [0.1, 0.15) is 0 Å². The van der Waals surface area contributed by atoms with Gasteiger partial charge in [-0.15, -0.1) is 24.0 Å². The number of rotatable bonds is 9. The molecule has 0 saturated heterocycles. The van der Waals surface area contributed by atoms with Crippen molar-refractivity contribution in [3.8, 4) is 0 Å². The Kier molecular flexibility index (Phi) is 10.6. The van der Waals surface area contributed by atoms with Crippen LogP contribution < -0.4 is 15.4 Å². The van der Waals surface area contributed by atoms with Crippen molar-refractivity contribution in [1.29, 1.82) is 0 Å². The Morgan fingerprint density at radius 1 is 1.11 bits per heavy atom. The maximum Gasteiger partial charge on any atom is 0.213 e. The second-order valence-electron chi connectivity index (χ2n) is 7.14. The highest BCUT2D eigenvalue weighted by molar-refractivity contribution is 14.0. The van der Waals surface area contributed by atoms with Crippen LogP contribution in [0.15, 0.2) is 23.2 Å². The van der Waals surface area contributed by atoms with Gasteiger partial charge in [-0.2, -0.15) is 0 Å². The Labute approximate surface area is 181 Å². The van der Waals surface area contributed by atoms with Gasteiger partial charge in [0.05, 0.1) is 5.75 Å². The first-order valence-electron chi connectivity index (χ1n) is 9.37. The molecule has 0 heterocycles. The zero-order valence-corrected chi connectivity index (χ0v) is 19.7. The van der Waals surface area contributed by atoms with Gasteiger partial charge in [-0.3, -0.25) is 4.99 Å². The van der Waals surface area contributed by atoms with Crippen molar-refractivity contribution >= 4 is 40.0 Å². The number of benzene rings is 1. The average Bonchev–Trinajstić information content (AvgIpc) is 2.50. The smallest absolute Gasteiger partial charge is 0.213 e. The predicted molar refractivity (Wildman–Crippen MR) is 124 cm³/mol. The third-order valence-electron chi connectivity index (χ3n) is 4.69. The van der Waals surface area contributed by atoms with Crippen LogP contribution in [-0.2, 0) is 16.4 Å². The number of hydrogen-bond donors (Lipinski definition) is 3. The molecule has 0 radical (unpaired) electrons. The van der Waals surface area contributed by atoms with Crippen molar-refractivity contribution in [3.63, 3.8) is 0 Å². The van der Waals surface area contributed by atoms with Gasteiger partial charge < -0.3 is 10.6 Å². The quantitative estimate of drug-likeness (QED) is 0.272. The lowest BCUT2D eigenvalue weighted by Gasteiger charge is -2.25. The lowest BCUT2D eigenvalue weighted by molar-refractivity contribution is 0.316. The number of sulfonamides is 1. The van der Waals surface area contributed by atoms with Crippen LogP contribution >= 0.6 is 24.0 Å². The van der Waals surface area contributed by atoms with Crippen LogP contribution in [0.4, 0.5) is 0 Å². The second-order valence-corrected chi connectivity index (χ2v) is 9.06. The van der Waals surface area contributed by atoms with E-state index < -0.39 is 10.0 Å². The molecule has 1 aromatic rings. The Bertz CT molecular complexity index is 698.